The summed E-state index contributed by atoms with van der Waals surface area (Å²) in [5.74, 6) is -1.15. The Morgan fingerprint density at radius 1 is 1.57 bits per heavy atom. The van der Waals surface area contributed by atoms with Crippen molar-refractivity contribution >= 4 is 17.6 Å². The largest absolute Gasteiger partial charge is 0.508 e. The van der Waals surface area contributed by atoms with Crippen LogP contribution in [-0.4, -0.2) is 22.2 Å². The van der Waals surface area contributed by atoms with Gasteiger partial charge in [0.2, 0.25) is 0 Å². The summed E-state index contributed by atoms with van der Waals surface area (Å²) in [6.45, 7) is 0. The predicted molar refractivity (Wildman–Crippen MR) is 52.4 cm³/mol. The lowest BCUT2D eigenvalue weighted by Crippen LogP contribution is -2.32. The van der Waals surface area contributed by atoms with E-state index in [1.54, 1.807) is 12.1 Å². The Bertz CT molecular complexity index is 334. The van der Waals surface area contributed by atoms with Gasteiger partial charge in [0.15, 0.2) is 0 Å². The van der Waals surface area contributed by atoms with E-state index in [4.69, 9.17) is 22.4 Å². The maximum Gasteiger partial charge on any atom is 0.320 e. The van der Waals surface area contributed by atoms with E-state index in [1.165, 1.54) is 6.07 Å². The van der Waals surface area contributed by atoms with Gasteiger partial charge in [-0.2, -0.15) is 0 Å². The number of carboxylic acid groups (broad SMARTS) is 1. The molecule has 76 valence electrons. The normalized spacial score (nSPS) is 12.4. The molecule has 0 saturated carbocycles. The van der Waals surface area contributed by atoms with E-state index < -0.39 is 12.0 Å². The highest BCUT2D eigenvalue weighted by molar-refractivity contribution is 6.31. The minimum Gasteiger partial charge on any atom is -0.508 e. The van der Waals surface area contributed by atoms with E-state index in [0.29, 0.717) is 10.6 Å². The van der Waals surface area contributed by atoms with Gasteiger partial charge in [-0.05, 0) is 12.1 Å². The van der Waals surface area contributed by atoms with Crippen molar-refractivity contribution in [3.8, 4) is 5.75 Å². The Kier molecular flexibility index (Phi) is 3.33. The fraction of sp³-hybridized carbons (Fsp3) is 0.222. The summed E-state index contributed by atoms with van der Waals surface area (Å²) in [4.78, 5) is 10.5. The molecule has 1 atom stereocenters. The minimum absolute atomic E-state index is 0.0147. The van der Waals surface area contributed by atoms with E-state index in [1.807, 2.05) is 0 Å². The van der Waals surface area contributed by atoms with Gasteiger partial charge in [-0.1, -0.05) is 17.7 Å². The Labute approximate surface area is 85.9 Å². The van der Waals surface area contributed by atoms with E-state index in [0.717, 1.165) is 0 Å². The van der Waals surface area contributed by atoms with Gasteiger partial charge in [0, 0.05) is 17.0 Å². The lowest BCUT2D eigenvalue weighted by atomic mass is 10.1. The van der Waals surface area contributed by atoms with Crippen molar-refractivity contribution in [3.05, 3.63) is 28.8 Å². The predicted octanol–water partition coefficient (Wildman–Crippen LogP) is 1.00. The van der Waals surface area contributed by atoms with Gasteiger partial charge >= 0.3 is 5.97 Å². The molecule has 0 aliphatic carbocycles. The maximum atomic E-state index is 10.5. The molecule has 0 aromatic heterocycles. The van der Waals surface area contributed by atoms with Crippen molar-refractivity contribution < 1.29 is 15.0 Å². The number of rotatable bonds is 3. The molecule has 4 nitrogen and oxygen atoms in total. The average molecular weight is 216 g/mol. The molecule has 0 unspecified atom stereocenters. The molecule has 0 aliphatic rings. The van der Waals surface area contributed by atoms with Crippen molar-refractivity contribution in [2.45, 2.75) is 12.5 Å². The Balaban J connectivity index is 2.91. The van der Waals surface area contributed by atoms with Crippen LogP contribution in [0.25, 0.3) is 0 Å². The molecule has 0 fully saturated rings. The number of phenols is 1. The standard InChI is InChI=1S/C9H10ClNO3/c10-6-2-1-3-8(12)5(6)4-7(11)9(13)14/h1-3,7,12H,4,11H2,(H,13,14)/t7-/m1/s1. The van der Waals surface area contributed by atoms with E-state index in [2.05, 4.69) is 0 Å². The summed E-state index contributed by atoms with van der Waals surface area (Å²) < 4.78 is 0. The zero-order chi connectivity index (χ0) is 10.7. The van der Waals surface area contributed by atoms with Gasteiger partial charge in [-0.15, -0.1) is 0 Å². The number of carboxylic acids is 1. The number of hydrogen-bond acceptors (Lipinski definition) is 3. The second-order valence-corrected chi connectivity index (χ2v) is 3.29. The molecule has 1 aromatic rings. The molecule has 0 radical (unpaired) electrons. The lowest BCUT2D eigenvalue weighted by molar-refractivity contribution is -0.138. The van der Waals surface area contributed by atoms with E-state index in [9.17, 15) is 9.90 Å². The van der Waals surface area contributed by atoms with Gasteiger partial charge in [-0.3, -0.25) is 4.79 Å². The number of phenolic OH excluding ortho intramolecular Hbond substituents is 1. The first-order chi connectivity index (χ1) is 6.52. The molecule has 0 amide bonds. The fourth-order valence-electron chi connectivity index (χ4n) is 1.06. The van der Waals surface area contributed by atoms with Crippen LogP contribution in [0.1, 0.15) is 5.56 Å². The highest BCUT2D eigenvalue weighted by atomic mass is 35.5. The monoisotopic (exact) mass is 215 g/mol. The Hall–Kier alpha value is -1.26. The molecular formula is C9H10ClNO3. The second kappa shape index (κ2) is 4.30. The number of aromatic hydroxyl groups is 1. The molecule has 0 saturated heterocycles. The van der Waals surface area contributed by atoms with Gasteiger partial charge in [0.25, 0.3) is 0 Å². The van der Waals surface area contributed by atoms with Crippen molar-refractivity contribution in [2.75, 3.05) is 0 Å². The molecule has 1 aromatic carbocycles. The lowest BCUT2D eigenvalue weighted by Gasteiger charge is -2.09. The van der Waals surface area contributed by atoms with Crippen LogP contribution in [0.3, 0.4) is 0 Å². The first-order valence-electron chi connectivity index (χ1n) is 3.97. The molecule has 0 spiro atoms. The third-order valence-corrected chi connectivity index (χ3v) is 2.19. The second-order valence-electron chi connectivity index (χ2n) is 2.89. The number of nitrogens with two attached hydrogens (primary N) is 1. The SMILES string of the molecule is N[C@H](Cc1c(O)cccc1Cl)C(=O)O. The Morgan fingerprint density at radius 3 is 2.71 bits per heavy atom. The molecule has 0 bridgehead atoms. The van der Waals surface area contributed by atoms with Crippen molar-refractivity contribution in [3.63, 3.8) is 0 Å². The van der Waals surface area contributed by atoms with Gasteiger partial charge in [0.1, 0.15) is 11.8 Å². The molecule has 4 N–H and O–H groups in total. The van der Waals surface area contributed by atoms with Crippen LogP contribution in [0.2, 0.25) is 5.02 Å². The summed E-state index contributed by atoms with van der Waals surface area (Å²) in [5.41, 5.74) is 5.68. The number of benzene rings is 1. The van der Waals surface area contributed by atoms with Gasteiger partial charge in [-0.25, -0.2) is 0 Å². The van der Waals surface area contributed by atoms with Crippen LogP contribution in [-0.2, 0) is 11.2 Å². The van der Waals surface area contributed by atoms with Gasteiger partial charge in [0.05, 0.1) is 0 Å². The van der Waals surface area contributed by atoms with Crippen LogP contribution in [0.15, 0.2) is 18.2 Å². The van der Waals surface area contributed by atoms with E-state index >= 15 is 0 Å². The van der Waals surface area contributed by atoms with Crippen molar-refractivity contribution in [1.82, 2.24) is 0 Å². The van der Waals surface area contributed by atoms with Crippen LogP contribution in [0.5, 0.6) is 5.75 Å². The van der Waals surface area contributed by atoms with Crippen LogP contribution >= 0.6 is 11.6 Å². The zero-order valence-corrected chi connectivity index (χ0v) is 8.03. The zero-order valence-electron chi connectivity index (χ0n) is 7.27. The summed E-state index contributed by atoms with van der Waals surface area (Å²) in [6, 6.07) is 3.54. The molecule has 1 rings (SSSR count). The molecule has 0 aliphatic heterocycles. The van der Waals surface area contributed by atoms with Crippen molar-refractivity contribution in [1.29, 1.82) is 0 Å². The van der Waals surface area contributed by atoms with Crippen LogP contribution < -0.4 is 5.73 Å². The van der Waals surface area contributed by atoms with Crippen molar-refractivity contribution in [2.24, 2.45) is 5.73 Å². The fourth-order valence-corrected chi connectivity index (χ4v) is 1.30. The minimum atomic E-state index is -1.12. The Morgan fingerprint density at radius 2 is 2.21 bits per heavy atom. The summed E-state index contributed by atoms with van der Waals surface area (Å²) in [7, 11) is 0. The molecule has 5 heteroatoms. The smallest absolute Gasteiger partial charge is 0.320 e. The van der Waals surface area contributed by atoms with E-state index in [-0.39, 0.29) is 12.2 Å². The quantitative estimate of drug-likeness (QED) is 0.703. The number of hydrogen-bond donors (Lipinski definition) is 3. The average Bonchev–Trinajstić information content (AvgIpc) is 2.11. The highest BCUT2D eigenvalue weighted by Gasteiger charge is 2.16. The number of halogens is 1. The van der Waals surface area contributed by atoms with Crippen LogP contribution in [0, 0.1) is 0 Å². The molecule has 0 heterocycles. The first kappa shape index (κ1) is 10.8. The maximum absolute atomic E-state index is 10.5. The third kappa shape index (κ3) is 2.37. The summed E-state index contributed by atoms with van der Waals surface area (Å²) in [6.07, 6.45) is 0.0147. The summed E-state index contributed by atoms with van der Waals surface area (Å²) >= 11 is 5.77. The van der Waals surface area contributed by atoms with Gasteiger partial charge < -0.3 is 15.9 Å². The third-order valence-electron chi connectivity index (χ3n) is 1.84. The summed E-state index contributed by atoms with van der Waals surface area (Å²) in [5, 5.41) is 18.3. The number of aliphatic carboxylic acids is 1. The van der Waals surface area contributed by atoms with Crippen LogP contribution in [0.4, 0.5) is 0 Å². The topological polar surface area (TPSA) is 83.5 Å². The molecular weight excluding hydrogens is 206 g/mol. The number of carbonyl (C=O) groups is 1. The highest BCUT2D eigenvalue weighted by Crippen LogP contribution is 2.26. The first-order valence-corrected chi connectivity index (χ1v) is 4.35. The molecule has 14 heavy (non-hydrogen) atoms.